The number of aliphatic hydroxyl groups excluding tert-OH is 9. The van der Waals surface area contributed by atoms with Crippen molar-refractivity contribution in [2.75, 3.05) is 6.61 Å². The van der Waals surface area contributed by atoms with Crippen LogP contribution in [0.3, 0.4) is 0 Å². The normalized spacial score (nSPS) is 57.0. The van der Waals surface area contributed by atoms with Crippen LogP contribution < -0.4 is 0 Å². The molecule has 3 unspecified atom stereocenters. The first-order valence-corrected chi connectivity index (χ1v) is 24.5. The van der Waals surface area contributed by atoms with Gasteiger partial charge in [-0.25, -0.2) is 0 Å². The van der Waals surface area contributed by atoms with E-state index in [-0.39, 0.29) is 46.0 Å². The molecule has 0 radical (unpaired) electrons. The molecule has 65 heavy (non-hydrogen) atoms. The molecule has 4 heterocycles. The highest BCUT2D eigenvalue weighted by Crippen LogP contribution is 2.76. The number of hydrogen-bond acceptors (Lipinski definition) is 17. The highest BCUT2D eigenvalue weighted by atomic mass is 16.8. The fraction of sp³-hybridized carbons (Fsp3) is 1.00. The molecule has 4 aliphatic heterocycles. The molecule has 0 spiro atoms. The van der Waals surface area contributed by atoms with Crippen LogP contribution in [-0.4, -0.2) is 179 Å². The van der Waals surface area contributed by atoms with E-state index in [1.165, 1.54) is 13.8 Å². The van der Waals surface area contributed by atoms with Crippen LogP contribution in [0.2, 0.25) is 0 Å². The van der Waals surface area contributed by atoms with Gasteiger partial charge < -0.3 is 84.2 Å². The lowest BCUT2D eigenvalue weighted by atomic mass is 9.35. The smallest absolute Gasteiger partial charge is 0.187 e. The van der Waals surface area contributed by atoms with Gasteiger partial charge in [-0.15, -0.1) is 0 Å². The molecule has 0 amide bonds. The molecule has 4 saturated carbocycles. The molecule has 17 heteroatoms. The fourth-order valence-corrected chi connectivity index (χ4v) is 15.5. The van der Waals surface area contributed by atoms with Crippen molar-refractivity contribution in [3.05, 3.63) is 0 Å². The number of fused-ring (bicyclic) bond motifs is 5. The Hall–Kier alpha value is -0.680. The van der Waals surface area contributed by atoms with Crippen molar-refractivity contribution in [2.45, 2.75) is 249 Å². The highest BCUT2D eigenvalue weighted by Gasteiger charge is 2.72. The van der Waals surface area contributed by atoms with Gasteiger partial charge in [0.1, 0.15) is 61.0 Å². The van der Waals surface area contributed by atoms with E-state index in [1.54, 1.807) is 0 Å². The van der Waals surface area contributed by atoms with E-state index in [2.05, 4.69) is 41.5 Å². The third-order valence-corrected chi connectivity index (χ3v) is 19.5. The lowest BCUT2D eigenvalue weighted by Crippen LogP contribution is -2.68. The summed E-state index contributed by atoms with van der Waals surface area (Å²) in [5.74, 6) is 0.562. The predicted molar refractivity (Wildman–Crippen MR) is 230 cm³/mol. The summed E-state index contributed by atoms with van der Waals surface area (Å²) in [4.78, 5) is 0. The number of ether oxygens (including phenoxy) is 7. The Morgan fingerprint density at radius 2 is 1.15 bits per heavy atom. The quantitative estimate of drug-likeness (QED) is 0.146. The van der Waals surface area contributed by atoms with Crippen LogP contribution in [0.4, 0.5) is 0 Å². The summed E-state index contributed by atoms with van der Waals surface area (Å²) in [6.07, 6.45) is -16.0. The van der Waals surface area contributed by atoms with Crippen molar-refractivity contribution in [1.82, 2.24) is 0 Å². The highest BCUT2D eigenvalue weighted by molar-refractivity contribution is 5.21. The van der Waals surface area contributed by atoms with Crippen LogP contribution in [0.15, 0.2) is 0 Å². The minimum absolute atomic E-state index is 0.0585. The van der Waals surface area contributed by atoms with Gasteiger partial charge in [0.05, 0.1) is 48.3 Å². The molecule has 0 aromatic rings. The second kappa shape index (κ2) is 17.6. The Morgan fingerprint density at radius 1 is 0.585 bits per heavy atom. The first kappa shape index (κ1) is 50.7. The topological polar surface area (TPSA) is 267 Å². The predicted octanol–water partition coefficient (Wildman–Crippen LogP) is 1.24. The Kier molecular flexibility index (Phi) is 13.7. The summed E-state index contributed by atoms with van der Waals surface area (Å²) >= 11 is 0. The van der Waals surface area contributed by atoms with Gasteiger partial charge in [-0.1, -0.05) is 34.6 Å². The second-order valence-electron chi connectivity index (χ2n) is 23.8. The first-order chi connectivity index (χ1) is 30.1. The van der Waals surface area contributed by atoms with Crippen molar-refractivity contribution in [2.24, 2.45) is 45.3 Å². The number of rotatable bonds is 9. The summed E-state index contributed by atoms with van der Waals surface area (Å²) in [6.45, 7) is 19.8. The van der Waals surface area contributed by atoms with E-state index in [0.717, 1.165) is 44.9 Å². The van der Waals surface area contributed by atoms with Gasteiger partial charge in [-0.05, 0) is 138 Å². The summed E-state index contributed by atoms with van der Waals surface area (Å²) in [5.41, 5.74) is -2.29. The zero-order valence-electron chi connectivity index (χ0n) is 40.1. The van der Waals surface area contributed by atoms with E-state index < -0.39 is 128 Å². The molecule has 4 aliphatic carbocycles. The Morgan fingerprint density at radius 3 is 1.71 bits per heavy atom. The maximum Gasteiger partial charge on any atom is 0.187 e. The molecule has 17 nitrogen and oxygen atoms in total. The lowest BCUT2D eigenvalue weighted by Gasteiger charge is -2.71. The Balaban J connectivity index is 1.06. The monoisotopic (exact) mass is 931 g/mol. The van der Waals surface area contributed by atoms with E-state index in [0.29, 0.717) is 12.8 Å². The summed E-state index contributed by atoms with van der Waals surface area (Å²) in [5, 5.41) is 110. The van der Waals surface area contributed by atoms with Gasteiger partial charge in [0.15, 0.2) is 18.9 Å². The van der Waals surface area contributed by atoms with Crippen LogP contribution in [0.1, 0.15) is 127 Å². The molecule has 26 atom stereocenters. The van der Waals surface area contributed by atoms with Crippen molar-refractivity contribution in [1.29, 1.82) is 0 Å². The summed E-state index contributed by atoms with van der Waals surface area (Å²) in [7, 11) is 0. The Bertz CT molecular complexity index is 1680. The van der Waals surface area contributed by atoms with E-state index in [9.17, 15) is 51.1 Å². The molecule has 8 rings (SSSR count). The number of aliphatic hydroxyl groups is 10. The van der Waals surface area contributed by atoms with Crippen molar-refractivity contribution >= 4 is 0 Å². The molecule has 0 aromatic carbocycles. The molecule has 376 valence electrons. The SMILES string of the molecule is CC1OC(O[C@H]2[C@H](O[C@H]3CC[C@]4(C)[C@H]5C[C@@H](O)[C@@H]6[C@@H]([C@]7(C)CC[C@@H](C(C)(C)O)O7)CC[C@@]6(C)[C@]5(C)CC[C@H]4C3(C)C)O[C@H](CO)[C@@H](O)[C@@H]2O[C@@H]2O[C@@H](C)[C@H](O)[C@@H](O)[C@H]2O)[C@H](O)[C@H](O)C1O. The minimum Gasteiger partial charge on any atom is -0.394 e. The molecule has 8 aliphatic rings. The zero-order valence-corrected chi connectivity index (χ0v) is 40.1. The molecule has 8 fully saturated rings. The van der Waals surface area contributed by atoms with Gasteiger partial charge in [-0.2, -0.15) is 0 Å². The third kappa shape index (κ3) is 8.11. The van der Waals surface area contributed by atoms with Crippen molar-refractivity contribution < 1.29 is 84.2 Å². The van der Waals surface area contributed by atoms with Crippen LogP contribution >= 0.6 is 0 Å². The molecule has 4 saturated heterocycles. The standard InChI is InChI=1S/C48H82O17/c1-21-31(51)34(54)36(56)40(59-21)63-38-33(53)25(20-49)61-42(39(38)64-41-37(57)35(55)32(52)22(2)60-41)62-28-13-15-45(7)26(43(28,3)4)12-17-46(8)27(45)19-24(50)30-23(11-16-47(30,46)9)48(10)18-14-29(65-48)44(5,6)58/h21-42,49-58H,11-20H2,1-10H3/t21-,22?,23-,24+,25+,26-,27+,28-,29-,30-,31-,32?,33+,34+,35+,36+,37+,38-,39+,40-,41?,42-,45-,46+,47+,48-/m0/s1. The largest absolute Gasteiger partial charge is 0.394 e. The summed E-state index contributed by atoms with van der Waals surface area (Å²) < 4.78 is 44.3. The first-order valence-electron chi connectivity index (χ1n) is 24.5. The molecular formula is C48H82O17. The van der Waals surface area contributed by atoms with Gasteiger partial charge in [0.25, 0.3) is 0 Å². The maximum absolute atomic E-state index is 12.5. The lowest BCUT2D eigenvalue weighted by molar-refractivity contribution is -0.397. The van der Waals surface area contributed by atoms with E-state index in [4.69, 9.17) is 33.2 Å². The molecule has 0 aromatic heterocycles. The van der Waals surface area contributed by atoms with E-state index in [1.807, 2.05) is 13.8 Å². The number of hydrogen-bond donors (Lipinski definition) is 10. The van der Waals surface area contributed by atoms with Crippen LogP contribution in [0, 0.1) is 45.3 Å². The molecule has 10 N–H and O–H groups in total. The molecular weight excluding hydrogens is 849 g/mol. The maximum atomic E-state index is 12.5. The van der Waals surface area contributed by atoms with E-state index >= 15 is 0 Å². The average Bonchev–Trinajstić information content (AvgIpc) is 3.84. The van der Waals surface area contributed by atoms with Crippen LogP contribution in [0.25, 0.3) is 0 Å². The van der Waals surface area contributed by atoms with Gasteiger partial charge in [0, 0.05) is 0 Å². The third-order valence-electron chi connectivity index (χ3n) is 19.5. The fourth-order valence-electron chi connectivity index (χ4n) is 15.5. The summed E-state index contributed by atoms with van der Waals surface area (Å²) in [6, 6.07) is 0. The van der Waals surface area contributed by atoms with Gasteiger partial charge in [0.2, 0.25) is 0 Å². The molecule has 0 bridgehead atoms. The zero-order chi connectivity index (χ0) is 47.7. The second-order valence-corrected chi connectivity index (χ2v) is 23.8. The van der Waals surface area contributed by atoms with Gasteiger partial charge >= 0.3 is 0 Å². The van der Waals surface area contributed by atoms with Crippen molar-refractivity contribution in [3.8, 4) is 0 Å². The van der Waals surface area contributed by atoms with Crippen molar-refractivity contribution in [3.63, 3.8) is 0 Å². The van der Waals surface area contributed by atoms with Crippen LogP contribution in [-0.2, 0) is 33.2 Å². The average molecular weight is 931 g/mol. The van der Waals surface area contributed by atoms with Crippen LogP contribution in [0.5, 0.6) is 0 Å². The Labute approximate surface area is 384 Å². The van der Waals surface area contributed by atoms with Gasteiger partial charge in [-0.3, -0.25) is 0 Å². The minimum atomic E-state index is -1.76.